The van der Waals surface area contributed by atoms with Crippen LogP contribution in [0.3, 0.4) is 0 Å². The topological polar surface area (TPSA) is 70.6 Å². The lowest BCUT2D eigenvalue weighted by atomic mass is 9.86. The normalized spacial score (nSPS) is 27.7. The second kappa shape index (κ2) is 8.31. The van der Waals surface area contributed by atoms with Crippen LogP contribution >= 0.6 is 0 Å². The molecule has 26 heavy (non-hydrogen) atoms. The van der Waals surface area contributed by atoms with Crippen LogP contribution in [0.4, 0.5) is 5.95 Å². The molecule has 1 amide bonds. The second-order valence-electron chi connectivity index (χ2n) is 7.59. The lowest BCUT2D eigenvalue weighted by Gasteiger charge is -2.37. The van der Waals surface area contributed by atoms with Crippen LogP contribution in [0.15, 0.2) is 18.5 Å². The van der Waals surface area contributed by atoms with Crippen LogP contribution in [0.2, 0.25) is 0 Å². The number of piperazine rings is 1. The maximum atomic E-state index is 13.1. The number of aromatic nitrogens is 2. The van der Waals surface area contributed by atoms with Crippen LogP contribution in [-0.4, -0.2) is 72.8 Å². The maximum absolute atomic E-state index is 13.1. The molecule has 0 aromatic carbocycles. The van der Waals surface area contributed by atoms with E-state index in [4.69, 9.17) is 4.74 Å². The Balaban J connectivity index is 1.31. The van der Waals surface area contributed by atoms with E-state index in [0.29, 0.717) is 5.92 Å². The Bertz CT molecular complexity index is 585. The van der Waals surface area contributed by atoms with E-state index in [0.717, 1.165) is 64.7 Å². The summed E-state index contributed by atoms with van der Waals surface area (Å²) in [6.07, 6.45) is 7.96. The van der Waals surface area contributed by atoms with Gasteiger partial charge in [-0.1, -0.05) is 0 Å². The number of carbonyl (C=O) groups excluding carboxylic acids is 1. The molecule has 0 saturated carbocycles. The summed E-state index contributed by atoms with van der Waals surface area (Å²) >= 11 is 0. The van der Waals surface area contributed by atoms with Crippen molar-refractivity contribution in [3.05, 3.63) is 18.5 Å². The molecule has 7 heteroatoms. The number of amides is 1. The zero-order valence-electron chi connectivity index (χ0n) is 15.3. The minimum Gasteiger partial charge on any atom is -0.377 e. The Morgan fingerprint density at radius 3 is 2.58 bits per heavy atom. The number of piperidine rings is 1. The highest BCUT2D eigenvalue weighted by molar-refractivity contribution is 5.80. The third kappa shape index (κ3) is 3.99. The number of ether oxygens (including phenoxy) is 1. The predicted molar refractivity (Wildman–Crippen MR) is 98.9 cm³/mol. The van der Waals surface area contributed by atoms with Gasteiger partial charge in [0.2, 0.25) is 11.9 Å². The highest BCUT2D eigenvalue weighted by Crippen LogP contribution is 2.31. The van der Waals surface area contributed by atoms with Gasteiger partial charge in [-0.3, -0.25) is 4.79 Å². The Morgan fingerprint density at radius 2 is 1.85 bits per heavy atom. The van der Waals surface area contributed by atoms with E-state index in [1.165, 1.54) is 12.8 Å². The molecule has 4 rings (SSSR count). The molecule has 0 aliphatic carbocycles. The Hall–Kier alpha value is -1.73. The number of anilines is 1. The minimum absolute atomic E-state index is 0.0458. The number of hydrogen-bond donors (Lipinski definition) is 1. The van der Waals surface area contributed by atoms with Gasteiger partial charge in [-0.05, 0) is 50.8 Å². The monoisotopic (exact) mass is 359 g/mol. The molecule has 2 atom stereocenters. The van der Waals surface area contributed by atoms with Crippen LogP contribution in [0.25, 0.3) is 0 Å². The maximum Gasteiger partial charge on any atom is 0.228 e. The van der Waals surface area contributed by atoms with Crippen molar-refractivity contribution in [2.75, 3.05) is 50.8 Å². The van der Waals surface area contributed by atoms with Crippen LogP contribution in [-0.2, 0) is 9.53 Å². The highest BCUT2D eigenvalue weighted by atomic mass is 16.5. The molecule has 142 valence electrons. The van der Waals surface area contributed by atoms with Crippen molar-refractivity contribution in [3.63, 3.8) is 0 Å². The van der Waals surface area contributed by atoms with Gasteiger partial charge in [0.25, 0.3) is 0 Å². The molecule has 0 unspecified atom stereocenters. The number of hydrogen-bond acceptors (Lipinski definition) is 6. The van der Waals surface area contributed by atoms with E-state index < -0.39 is 0 Å². The average molecular weight is 359 g/mol. The molecular formula is C19H29N5O2. The molecule has 0 spiro atoms. The molecule has 0 radical (unpaired) electrons. The molecule has 0 bridgehead atoms. The first-order valence-electron chi connectivity index (χ1n) is 9.94. The van der Waals surface area contributed by atoms with Crippen LogP contribution < -0.4 is 10.2 Å². The van der Waals surface area contributed by atoms with Crippen LogP contribution in [0.1, 0.15) is 25.7 Å². The van der Waals surface area contributed by atoms with Gasteiger partial charge >= 0.3 is 0 Å². The largest absolute Gasteiger partial charge is 0.377 e. The lowest BCUT2D eigenvalue weighted by Crippen LogP contribution is -2.51. The van der Waals surface area contributed by atoms with Crippen molar-refractivity contribution >= 4 is 11.9 Å². The number of nitrogens with zero attached hydrogens (tertiary/aromatic N) is 4. The quantitative estimate of drug-likeness (QED) is 0.862. The van der Waals surface area contributed by atoms with Crippen molar-refractivity contribution in [1.82, 2.24) is 20.2 Å². The van der Waals surface area contributed by atoms with Gasteiger partial charge in [0, 0.05) is 45.2 Å². The van der Waals surface area contributed by atoms with Gasteiger partial charge in [0.05, 0.1) is 12.0 Å². The molecule has 3 aliphatic heterocycles. The van der Waals surface area contributed by atoms with E-state index in [1.807, 2.05) is 11.0 Å². The van der Waals surface area contributed by atoms with Crippen molar-refractivity contribution in [2.24, 2.45) is 11.8 Å². The summed E-state index contributed by atoms with van der Waals surface area (Å²) in [6.45, 7) is 5.99. The fourth-order valence-corrected chi connectivity index (χ4v) is 4.43. The summed E-state index contributed by atoms with van der Waals surface area (Å²) in [6, 6.07) is 1.83. The summed E-state index contributed by atoms with van der Waals surface area (Å²) < 4.78 is 5.97. The smallest absolute Gasteiger partial charge is 0.228 e. The standard InChI is InChI=1S/C19H29N5O2/c25-18(16-4-13-26-17(16)14-15-2-7-20-8-3-15)23-9-11-24(12-10-23)19-21-5-1-6-22-19/h1,5-6,15-17,20H,2-4,7-14H2/t16-,17-/m1/s1. The van der Waals surface area contributed by atoms with E-state index in [9.17, 15) is 4.79 Å². The summed E-state index contributed by atoms with van der Waals surface area (Å²) in [5, 5.41) is 3.41. The van der Waals surface area contributed by atoms with Gasteiger partial charge < -0.3 is 19.9 Å². The molecule has 4 heterocycles. The van der Waals surface area contributed by atoms with E-state index in [2.05, 4.69) is 20.2 Å². The highest BCUT2D eigenvalue weighted by Gasteiger charge is 2.38. The summed E-state index contributed by atoms with van der Waals surface area (Å²) in [5.41, 5.74) is 0. The molecule has 7 nitrogen and oxygen atoms in total. The third-order valence-corrected chi connectivity index (χ3v) is 5.98. The van der Waals surface area contributed by atoms with Crippen LogP contribution in [0, 0.1) is 11.8 Å². The van der Waals surface area contributed by atoms with Crippen molar-refractivity contribution in [2.45, 2.75) is 31.8 Å². The van der Waals surface area contributed by atoms with Gasteiger partial charge in [0.15, 0.2) is 0 Å². The van der Waals surface area contributed by atoms with E-state index in [-0.39, 0.29) is 17.9 Å². The molecular weight excluding hydrogens is 330 g/mol. The van der Waals surface area contributed by atoms with Gasteiger partial charge in [0.1, 0.15) is 0 Å². The number of carbonyl (C=O) groups is 1. The average Bonchev–Trinajstić information content (AvgIpc) is 3.17. The Labute approximate surface area is 155 Å². The first kappa shape index (κ1) is 17.7. The molecule has 3 fully saturated rings. The molecule has 3 aliphatic rings. The van der Waals surface area contributed by atoms with Crippen molar-refractivity contribution in [3.8, 4) is 0 Å². The summed E-state index contributed by atoms with van der Waals surface area (Å²) in [5.74, 6) is 1.79. The van der Waals surface area contributed by atoms with Crippen molar-refractivity contribution < 1.29 is 9.53 Å². The second-order valence-corrected chi connectivity index (χ2v) is 7.59. The Kier molecular flexibility index (Phi) is 5.65. The SMILES string of the molecule is O=C([C@@H]1CCO[C@@H]1CC1CCNCC1)N1CCN(c2ncccn2)CC1. The van der Waals surface area contributed by atoms with Gasteiger partial charge in [-0.15, -0.1) is 0 Å². The van der Waals surface area contributed by atoms with Gasteiger partial charge in [-0.2, -0.15) is 0 Å². The molecule has 1 aromatic heterocycles. The minimum atomic E-state index is 0.0458. The van der Waals surface area contributed by atoms with E-state index >= 15 is 0 Å². The molecule has 1 N–H and O–H groups in total. The fraction of sp³-hybridized carbons (Fsp3) is 0.737. The van der Waals surface area contributed by atoms with Gasteiger partial charge in [-0.25, -0.2) is 9.97 Å². The summed E-state index contributed by atoms with van der Waals surface area (Å²) in [7, 11) is 0. The third-order valence-electron chi connectivity index (χ3n) is 5.98. The Morgan fingerprint density at radius 1 is 1.12 bits per heavy atom. The predicted octanol–water partition coefficient (Wildman–Crippen LogP) is 0.920. The van der Waals surface area contributed by atoms with E-state index in [1.54, 1.807) is 12.4 Å². The van der Waals surface area contributed by atoms with Crippen molar-refractivity contribution in [1.29, 1.82) is 0 Å². The van der Waals surface area contributed by atoms with Crippen LogP contribution in [0.5, 0.6) is 0 Å². The summed E-state index contributed by atoms with van der Waals surface area (Å²) in [4.78, 5) is 25.9. The molecule has 3 saturated heterocycles. The molecule has 1 aromatic rings. The number of nitrogens with one attached hydrogen (secondary N) is 1. The fourth-order valence-electron chi connectivity index (χ4n) is 4.43. The number of rotatable bonds is 4. The first-order chi connectivity index (χ1) is 12.8. The first-order valence-corrected chi connectivity index (χ1v) is 9.94. The zero-order valence-corrected chi connectivity index (χ0v) is 15.3. The lowest BCUT2D eigenvalue weighted by molar-refractivity contribution is -0.138. The zero-order chi connectivity index (χ0) is 17.8.